The van der Waals surface area contributed by atoms with E-state index in [9.17, 15) is 23.9 Å². The standard InChI is InChI=1S/C20H19FN2O4/c21-15-7-3-4-8-17(15)23-12-11-16(19(23)25)22-18(24)10-9-13-5-1-2-6-14(13)20(26)27/h1-8,16H,9-12H2,(H,22,24)(H,26,27). The van der Waals surface area contributed by atoms with E-state index in [1.165, 1.54) is 23.1 Å². The van der Waals surface area contributed by atoms with Gasteiger partial charge in [-0.15, -0.1) is 0 Å². The van der Waals surface area contributed by atoms with Gasteiger partial charge in [0.25, 0.3) is 0 Å². The van der Waals surface area contributed by atoms with Gasteiger partial charge in [0, 0.05) is 13.0 Å². The number of aromatic carboxylic acids is 1. The van der Waals surface area contributed by atoms with E-state index in [-0.39, 0.29) is 35.9 Å². The summed E-state index contributed by atoms with van der Waals surface area (Å²) in [6.45, 7) is 0.326. The molecule has 1 aliphatic rings. The van der Waals surface area contributed by atoms with Crippen LogP contribution in [-0.2, 0) is 16.0 Å². The molecule has 2 aromatic carbocycles. The van der Waals surface area contributed by atoms with Crippen LogP contribution in [0, 0.1) is 5.82 Å². The Hall–Kier alpha value is -3.22. The van der Waals surface area contributed by atoms with E-state index in [4.69, 9.17) is 0 Å². The van der Waals surface area contributed by atoms with Crippen molar-refractivity contribution in [2.45, 2.75) is 25.3 Å². The lowest BCUT2D eigenvalue weighted by atomic mass is 10.0. The number of carbonyl (C=O) groups is 3. The molecule has 1 heterocycles. The highest BCUT2D eigenvalue weighted by Crippen LogP contribution is 2.24. The molecular formula is C20H19FN2O4. The van der Waals surface area contributed by atoms with Crippen LogP contribution in [0.2, 0.25) is 0 Å². The maximum atomic E-state index is 13.9. The first-order valence-corrected chi connectivity index (χ1v) is 8.64. The Morgan fingerprint density at radius 3 is 2.59 bits per heavy atom. The first-order valence-electron chi connectivity index (χ1n) is 8.64. The number of carbonyl (C=O) groups excluding carboxylic acids is 2. The summed E-state index contributed by atoms with van der Waals surface area (Å²) >= 11 is 0. The number of nitrogens with one attached hydrogen (secondary N) is 1. The maximum absolute atomic E-state index is 13.9. The number of carboxylic acid groups (broad SMARTS) is 1. The van der Waals surface area contributed by atoms with Crippen LogP contribution >= 0.6 is 0 Å². The fraction of sp³-hybridized carbons (Fsp3) is 0.250. The summed E-state index contributed by atoms with van der Waals surface area (Å²) in [5.74, 6) is -2.22. The Balaban J connectivity index is 1.59. The summed E-state index contributed by atoms with van der Waals surface area (Å²) in [6, 6.07) is 11.8. The fourth-order valence-corrected chi connectivity index (χ4v) is 3.19. The molecule has 0 saturated carbocycles. The van der Waals surface area contributed by atoms with Crippen LogP contribution in [-0.4, -0.2) is 35.5 Å². The van der Waals surface area contributed by atoms with E-state index < -0.39 is 17.8 Å². The van der Waals surface area contributed by atoms with Gasteiger partial charge in [0.2, 0.25) is 11.8 Å². The average Bonchev–Trinajstić information content (AvgIpc) is 3.01. The normalized spacial score (nSPS) is 16.4. The minimum atomic E-state index is -1.04. The van der Waals surface area contributed by atoms with Crippen molar-refractivity contribution in [2.75, 3.05) is 11.4 Å². The van der Waals surface area contributed by atoms with Crippen LogP contribution in [0.1, 0.15) is 28.8 Å². The lowest BCUT2D eigenvalue weighted by Crippen LogP contribution is -2.41. The molecule has 2 N–H and O–H groups in total. The number of anilines is 1. The van der Waals surface area contributed by atoms with E-state index in [1.807, 2.05) is 0 Å². The smallest absolute Gasteiger partial charge is 0.335 e. The summed E-state index contributed by atoms with van der Waals surface area (Å²) in [6.07, 6.45) is 0.713. The minimum Gasteiger partial charge on any atom is -0.478 e. The number of benzene rings is 2. The predicted octanol–water partition coefficient (Wildman–Crippen LogP) is 2.38. The van der Waals surface area contributed by atoms with Crippen molar-refractivity contribution in [3.05, 3.63) is 65.5 Å². The SMILES string of the molecule is O=C(CCc1ccccc1C(=O)O)NC1CCN(c2ccccc2F)C1=O. The number of hydrogen-bond acceptors (Lipinski definition) is 3. The zero-order valence-electron chi connectivity index (χ0n) is 14.5. The number of nitrogens with zero attached hydrogens (tertiary/aromatic N) is 1. The van der Waals surface area contributed by atoms with Crippen molar-refractivity contribution in [3.8, 4) is 0 Å². The van der Waals surface area contributed by atoms with Gasteiger partial charge in [0.1, 0.15) is 11.9 Å². The highest BCUT2D eigenvalue weighted by Gasteiger charge is 2.34. The third-order valence-electron chi connectivity index (χ3n) is 4.55. The zero-order chi connectivity index (χ0) is 19.4. The van der Waals surface area contributed by atoms with Crippen molar-refractivity contribution in [1.82, 2.24) is 5.32 Å². The first kappa shape index (κ1) is 18.6. The number of para-hydroxylation sites is 1. The van der Waals surface area contributed by atoms with E-state index >= 15 is 0 Å². The van der Waals surface area contributed by atoms with Crippen LogP contribution in [0.15, 0.2) is 48.5 Å². The Bertz CT molecular complexity index is 884. The van der Waals surface area contributed by atoms with Crippen LogP contribution < -0.4 is 10.2 Å². The molecule has 2 aromatic rings. The minimum absolute atomic E-state index is 0.0633. The molecule has 27 heavy (non-hydrogen) atoms. The fourth-order valence-electron chi connectivity index (χ4n) is 3.19. The first-order chi connectivity index (χ1) is 13.0. The zero-order valence-corrected chi connectivity index (χ0v) is 14.5. The van der Waals surface area contributed by atoms with Crippen molar-refractivity contribution in [3.63, 3.8) is 0 Å². The summed E-state index contributed by atoms with van der Waals surface area (Å²) in [7, 11) is 0. The predicted molar refractivity (Wildman–Crippen MR) is 97.0 cm³/mol. The quantitative estimate of drug-likeness (QED) is 0.817. The van der Waals surface area contributed by atoms with E-state index in [0.29, 0.717) is 18.5 Å². The third kappa shape index (κ3) is 4.13. The van der Waals surface area contributed by atoms with Gasteiger partial charge in [-0.2, -0.15) is 0 Å². The molecule has 1 aliphatic heterocycles. The Labute approximate surface area is 155 Å². The molecule has 6 nitrogen and oxygen atoms in total. The molecule has 0 spiro atoms. The Morgan fingerprint density at radius 1 is 1.15 bits per heavy atom. The van der Waals surface area contributed by atoms with E-state index in [0.717, 1.165) is 0 Å². The highest BCUT2D eigenvalue weighted by molar-refractivity contribution is 6.01. The summed E-state index contributed by atoms with van der Waals surface area (Å²) in [4.78, 5) is 37.2. The molecule has 140 valence electrons. The van der Waals surface area contributed by atoms with Gasteiger partial charge in [0.15, 0.2) is 0 Å². The second-order valence-electron chi connectivity index (χ2n) is 6.31. The van der Waals surface area contributed by atoms with E-state index in [1.54, 1.807) is 30.3 Å². The summed E-state index contributed by atoms with van der Waals surface area (Å²) in [5, 5.41) is 11.8. The van der Waals surface area contributed by atoms with Crippen LogP contribution in [0.4, 0.5) is 10.1 Å². The molecule has 7 heteroatoms. The van der Waals surface area contributed by atoms with Crippen molar-refractivity contribution in [2.24, 2.45) is 0 Å². The van der Waals surface area contributed by atoms with Gasteiger partial charge in [-0.05, 0) is 36.6 Å². The second kappa shape index (κ2) is 7.99. The number of amides is 2. The second-order valence-corrected chi connectivity index (χ2v) is 6.31. The highest BCUT2D eigenvalue weighted by atomic mass is 19.1. The number of rotatable bonds is 6. The Kier molecular flexibility index (Phi) is 5.49. The molecule has 0 radical (unpaired) electrons. The number of halogens is 1. The summed E-state index contributed by atoms with van der Waals surface area (Å²) in [5.41, 5.74) is 0.925. The molecular weight excluding hydrogens is 351 g/mol. The van der Waals surface area contributed by atoms with Crippen molar-refractivity contribution < 1.29 is 23.9 Å². The number of aryl methyl sites for hydroxylation is 1. The molecule has 1 saturated heterocycles. The van der Waals surface area contributed by atoms with Crippen LogP contribution in [0.25, 0.3) is 0 Å². The monoisotopic (exact) mass is 370 g/mol. The topological polar surface area (TPSA) is 86.7 Å². The van der Waals surface area contributed by atoms with Gasteiger partial charge in [-0.3, -0.25) is 9.59 Å². The molecule has 0 bridgehead atoms. The molecule has 3 rings (SSSR count). The number of carboxylic acids is 1. The molecule has 2 amide bonds. The average molecular weight is 370 g/mol. The molecule has 1 fully saturated rings. The summed E-state index contributed by atoms with van der Waals surface area (Å²) < 4.78 is 13.9. The molecule has 1 unspecified atom stereocenters. The van der Waals surface area contributed by atoms with E-state index in [2.05, 4.69) is 5.32 Å². The molecule has 1 atom stereocenters. The van der Waals surface area contributed by atoms with Gasteiger partial charge in [-0.1, -0.05) is 30.3 Å². The van der Waals surface area contributed by atoms with Gasteiger partial charge in [-0.25, -0.2) is 9.18 Å². The van der Waals surface area contributed by atoms with Crippen molar-refractivity contribution >= 4 is 23.5 Å². The number of hydrogen-bond donors (Lipinski definition) is 2. The lowest BCUT2D eigenvalue weighted by Gasteiger charge is -2.18. The molecule has 0 aliphatic carbocycles. The van der Waals surface area contributed by atoms with Crippen molar-refractivity contribution in [1.29, 1.82) is 0 Å². The van der Waals surface area contributed by atoms with Gasteiger partial charge in [0.05, 0.1) is 11.3 Å². The third-order valence-corrected chi connectivity index (χ3v) is 4.55. The Morgan fingerprint density at radius 2 is 1.85 bits per heavy atom. The van der Waals surface area contributed by atoms with Gasteiger partial charge >= 0.3 is 5.97 Å². The van der Waals surface area contributed by atoms with Crippen LogP contribution in [0.3, 0.4) is 0 Å². The van der Waals surface area contributed by atoms with Gasteiger partial charge < -0.3 is 15.3 Å². The molecule has 0 aromatic heterocycles. The largest absolute Gasteiger partial charge is 0.478 e. The van der Waals surface area contributed by atoms with Crippen LogP contribution in [0.5, 0.6) is 0 Å². The lowest BCUT2D eigenvalue weighted by molar-refractivity contribution is -0.126. The maximum Gasteiger partial charge on any atom is 0.335 e.